The molecular weight excluding hydrogens is 212 g/mol. The van der Waals surface area contributed by atoms with Crippen LogP contribution in [0.25, 0.3) is 0 Å². The van der Waals surface area contributed by atoms with E-state index in [0.29, 0.717) is 29.4 Å². The van der Waals surface area contributed by atoms with Gasteiger partial charge >= 0.3 is 0 Å². The molecule has 0 aromatic heterocycles. The van der Waals surface area contributed by atoms with Crippen LogP contribution in [0.4, 0.5) is 0 Å². The number of hydrogen-bond donors (Lipinski definition) is 1. The standard InChI is InChI=1S/C14H24N2O/c1-9-13(17)16(11-8-14(11,2)3)12(15-9)10-6-4-5-7-10/h9-12,15H,4-8H2,1-3H3. The fraction of sp³-hybridized carbons (Fsp3) is 0.929. The number of nitrogens with one attached hydrogen (secondary N) is 1. The second-order valence-electron chi connectivity index (χ2n) is 6.83. The quantitative estimate of drug-likeness (QED) is 0.796. The summed E-state index contributed by atoms with van der Waals surface area (Å²) in [5.74, 6) is 1.03. The molecule has 0 aromatic carbocycles. The van der Waals surface area contributed by atoms with Crippen molar-refractivity contribution in [2.24, 2.45) is 11.3 Å². The SMILES string of the molecule is CC1NC(C2CCCC2)N(C2CC2(C)C)C1=O. The van der Waals surface area contributed by atoms with Crippen LogP contribution in [0.5, 0.6) is 0 Å². The first kappa shape index (κ1) is 11.5. The lowest BCUT2D eigenvalue weighted by molar-refractivity contribution is -0.131. The van der Waals surface area contributed by atoms with Crippen LogP contribution in [-0.4, -0.2) is 29.1 Å². The molecule has 0 spiro atoms. The normalized spacial score (nSPS) is 41.2. The lowest BCUT2D eigenvalue weighted by Crippen LogP contribution is -2.44. The lowest BCUT2D eigenvalue weighted by Gasteiger charge is -2.30. The molecule has 17 heavy (non-hydrogen) atoms. The van der Waals surface area contributed by atoms with Crippen LogP contribution >= 0.6 is 0 Å². The average Bonchev–Trinajstić information content (AvgIpc) is 2.72. The van der Waals surface area contributed by atoms with Crippen molar-refractivity contribution in [3.63, 3.8) is 0 Å². The highest BCUT2D eigenvalue weighted by molar-refractivity contribution is 5.84. The zero-order valence-corrected chi connectivity index (χ0v) is 11.2. The third-order valence-corrected chi connectivity index (χ3v) is 4.99. The monoisotopic (exact) mass is 236 g/mol. The molecule has 3 unspecified atom stereocenters. The smallest absolute Gasteiger partial charge is 0.241 e. The first-order chi connectivity index (χ1) is 8.00. The summed E-state index contributed by atoms with van der Waals surface area (Å²) >= 11 is 0. The Morgan fingerprint density at radius 3 is 2.41 bits per heavy atom. The van der Waals surface area contributed by atoms with Crippen molar-refractivity contribution >= 4 is 5.91 Å². The van der Waals surface area contributed by atoms with E-state index in [1.807, 2.05) is 6.92 Å². The van der Waals surface area contributed by atoms with E-state index >= 15 is 0 Å². The van der Waals surface area contributed by atoms with Gasteiger partial charge in [0.1, 0.15) is 0 Å². The second kappa shape index (κ2) is 3.71. The zero-order chi connectivity index (χ0) is 12.2. The van der Waals surface area contributed by atoms with Crippen LogP contribution in [0.1, 0.15) is 52.9 Å². The third-order valence-electron chi connectivity index (χ3n) is 4.99. The molecule has 3 aliphatic rings. The molecule has 0 bridgehead atoms. The van der Waals surface area contributed by atoms with Crippen LogP contribution in [0, 0.1) is 11.3 Å². The van der Waals surface area contributed by atoms with E-state index in [2.05, 4.69) is 24.1 Å². The van der Waals surface area contributed by atoms with Crippen molar-refractivity contribution in [1.29, 1.82) is 0 Å². The summed E-state index contributed by atoms with van der Waals surface area (Å²) in [4.78, 5) is 14.5. The van der Waals surface area contributed by atoms with Gasteiger partial charge in [0.15, 0.2) is 0 Å². The number of rotatable bonds is 2. The van der Waals surface area contributed by atoms with Crippen molar-refractivity contribution in [1.82, 2.24) is 10.2 Å². The maximum absolute atomic E-state index is 12.3. The molecule has 96 valence electrons. The van der Waals surface area contributed by atoms with E-state index in [1.54, 1.807) is 0 Å². The molecule has 2 saturated carbocycles. The first-order valence-electron chi connectivity index (χ1n) is 7.09. The highest BCUT2D eigenvalue weighted by Gasteiger charge is 2.56. The fourth-order valence-electron chi connectivity index (χ4n) is 3.67. The Hall–Kier alpha value is -0.570. The molecule has 1 amide bonds. The topological polar surface area (TPSA) is 32.3 Å². The Morgan fingerprint density at radius 2 is 1.88 bits per heavy atom. The van der Waals surface area contributed by atoms with Gasteiger partial charge in [0.25, 0.3) is 0 Å². The van der Waals surface area contributed by atoms with E-state index in [9.17, 15) is 4.79 Å². The summed E-state index contributed by atoms with van der Waals surface area (Å²) in [7, 11) is 0. The Labute approximate surface area is 104 Å². The van der Waals surface area contributed by atoms with Crippen LogP contribution in [0.3, 0.4) is 0 Å². The van der Waals surface area contributed by atoms with Crippen molar-refractivity contribution in [2.75, 3.05) is 0 Å². The summed E-state index contributed by atoms with van der Waals surface area (Å²) in [6.07, 6.45) is 6.77. The molecule has 0 aromatic rings. The minimum Gasteiger partial charge on any atom is -0.322 e. The van der Waals surface area contributed by atoms with Crippen LogP contribution in [0.15, 0.2) is 0 Å². The molecule has 1 aliphatic heterocycles. The summed E-state index contributed by atoms with van der Waals surface area (Å²) in [6, 6.07) is 0.509. The van der Waals surface area contributed by atoms with E-state index in [-0.39, 0.29) is 6.04 Å². The summed E-state index contributed by atoms with van der Waals surface area (Å²) in [5, 5.41) is 3.53. The van der Waals surface area contributed by atoms with Crippen molar-refractivity contribution in [3.8, 4) is 0 Å². The second-order valence-corrected chi connectivity index (χ2v) is 6.83. The van der Waals surface area contributed by atoms with E-state index < -0.39 is 0 Å². The van der Waals surface area contributed by atoms with Gasteiger partial charge in [-0.3, -0.25) is 10.1 Å². The number of carbonyl (C=O) groups excluding carboxylic acids is 1. The number of nitrogens with zero attached hydrogens (tertiary/aromatic N) is 1. The highest BCUT2D eigenvalue weighted by atomic mass is 16.2. The predicted molar refractivity (Wildman–Crippen MR) is 67.4 cm³/mol. The van der Waals surface area contributed by atoms with Crippen molar-refractivity contribution < 1.29 is 4.79 Å². The molecule has 1 saturated heterocycles. The highest BCUT2D eigenvalue weighted by Crippen LogP contribution is 2.51. The van der Waals surface area contributed by atoms with Gasteiger partial charge in [0.2, 0.25) is 5.91 Å². The van der Waals surface area contributed by atoms with Gasteiger partial charge in [0, 0.05) is 6.04 Å². The number of amides is 1. The number of hydrogen-bond acceptors (Lipinski definition) is 2. The van der Waals surface area contributed by atoms with Gasteiger partial charge in [0.05, 0.1) is 12.2 Å². The molecule has 3 atom stereocenters. The molecule has 2 aliphatic carbocycles. The number of carbonyl (C=O) groups is 1. The molecule has 3 rings (SSSR count). The van der Waals surface area contributed by atoms with Gasteiger partial charge in [-0.05, 0) is 37.5 Å². The minimum absolute atomic E-state index is 0.0250. The van der Waals surface area contributed by atoms with E-state index in [4.69, 9.17) is 0 Å². The first-order valence-corrected chi connectivity index (χ1v) is 7.09. The van der Waals surface area contributed by atoms with Gasteiger partial charge in [-0.1, -0.05) is 26.7 Å². The van der Waals surface area contributed by atoms with E-state index in [0.717, 1.165) is 0 Å². The van der Waals surface area contributed by atoms with Crippen LogP contribution in [0.2, 0.25) is 0 Å². The molecule has 3 nitrogen and oxygen atoms in total. The van der Waals surface area contributed by atoms with Gasteiger partial charge in [-0.25, -0.2) is 0 Å². The van der Waals surface area contributed by atoms with Gasteiger partial charge in [-0.2, -0.15) is 0 Å². The summed E-state index contributed by atoms with van der Waals surface area (Å²) in [5.41, 5.74) is 0.345. The Bertz CT molecular complexity index is 333. The molecule has 3 fully saturated rings. The Balaban J connectivity index is 1.79. The third kappa shape index (κ3) is 1.79. The van der Waals surface area contributed by atoms with Gasteiger partial charge in [-0.15, -0.1) is 0 Å². The zero-order valence-electron chi connectivity index (χ0n) is 11.2. The largest absolute Gasteiger partial charge is 0.322 e. The molecule has 3 heteroatoms. The summed E-state index contributed by atoms with van der Waals surface area (Å²) < 4.78 is 0. The molecule has 1 N–H and O–H groups in total. The van der Waals surface area contributed by atoms with Crippen LogP contribution < -0.4 is 5.32 Å². The van der Waals surface area contributed by atoms with Crippen molar-refractivity contribution in [3.05, 3.63) is 0 Å². The molecular formula is C14H24N2O. The molecule has 0 radical (unpaired) electrons. The van der Waals surface area contributed by atoms with Gasteiger partial charge < -0.3 is 4.90 Å². The fourth-order valence-corrected chi connectivity index (χ4v) is 3.67. The Kier molecular flexibility index (Phi) is 2.51. The van der Waals surface area contributed by atoms with Crippen LogP contribution in [-0.2, 0) is 4.79 Å². The maximum Gasteiger partial charge on any atom is 0.241 e. The van der Waals surface area contributed by atoms with Crippen molar-refractivity contribution in [2.45, 2.75) is 71.1 Å². The predicted octanol–water partition coefficient (Wildman–Crippen LogP) is 2.12. The lowest BCUT2D eigenvalue weighted by atomic mass is 10.0. The minimum atomic E-state index is 0.0250. The Morgan fingerprint density at radius 1 is 1.29 bits per heavy atom. The summed E-state index contributed by atoms with van der Waals surface area (Å²) in [6.45, 7) is 6.57. The molecule has 1 heterocycles. The maximum atomic E-state index is 12.3. The average molecular weight is 236 g/mol. The van der Waals surface area contributed by atoms with E-state index in [1.165, 1.54) is 32.1 Å².